The quantitative estimate of drug-likeness (QED) is 0.371. The Balaban J connectivity index is 0.000000284. The summed E-state index contributed by atoms with van der Waals surface area (Å²) >= 11 is 1.74. The summed E-state index contributed by atoms with van der Waals surface area (Å²) in [5.41, 5.74) is -4.51. The van der Waals surface area contributed by atoms with E-state index in [9.17, 15) is 18.3 Å². The average molecular weight is 374 g/mol. The van der Waals surface area contributed by atoms with Crippen molar-refractivity contribution in [1.29, 1.82) is 0 Å². The minimum atomic E-state index is -6.09. The number of hydrogen-bond donors (Lipinski definition) is 1. The van der Waals surface area contributed by atoms with E-state index in [4.69, 9.17) is 13.0 Å². The minimum Gasteiger partial charge on any atom is -0.741 e. The maximum absolute atomic E-state index is 10.7. The summed E-state index contributed by atoms with van der Waals surface area (Å²) in [6, 6.07) is 5.55. The van der Waals surface area contributed by atoms with Gasteiger partial charge in [-0.3, -0.25) is 0 Å². The van der Waals surface area contributed by atoms with Crippen molar-refractivity contribution in [3.05, 3.63) is 23.8 Å². The van der Waals surface area contributed by atoms with E-state index in [-0.39, 0.29) is 0 Å². The molecule has 1 aromatic carbocycles. The summed E-state index contributed by atoms with van der Waals surface area (Å²) in [6.07, 6.45) is 3.89. The molecular weight excluding hydrogens is 357 g/mol. The van der Waals surface area contributed by atoms with Crippen LogP contribution in [0.15, 0.2) is 23.1 Å². The molecule has 2 rings (SSSR count). The molecule has 10 heteroatoms. The molecule has 1 aliphatic heterocycles. The average Bonchev–Trinajstić information content (AvgIpc) is 2.42. The van der Waals surface area contributed by atoms with Crippen LogP contribution < -0.4 is 0 Å². The molecular formula is C13H17F3O5S2. The van der Waals surface area contributed by atoms with Gasteiger partial charge >= 0.3 is 5.51 Å². The molecule has 0 unspecified atom stereocenters. The van der Waals surface area contributed by atoms with Gasteiger partial charge in [0.05, 0.1) is 4.90 Å². The topological polar surface area (TPSA) is 80.1 Å². The summed E-state index contributed by atoms with van der Waals surface area (Å²) in [6.45, 7) is 4.24. The Morgan fingerprint density at radius 1 is 1.22 bits per heavy atom. The van der Waals surface area contributed by atoms with Gasteiger partial charge in [-0.05, 0) is 37.1 Å². The van der Waals surface area contributed by atoms with Gasteiger partial charge in [-0.1, -0.05) is 0 Å². The molecule has 0 amide bonds. The number of aryl methyl sites for hydroxylation is 1. The van der Waals surface area contributed by atoms with Crippen LogP contribution in [0.1, 0.15) is 24.8 Å². The Hall–Kier alpha value is -0.970. The number of rotatable bonds is 2. The lowest BCUT2D eigenvalue weighted by Gasteiger charge is -2.20. The Kier molecular flexibility index (Phi) is 7.18. The van der Waals surface area contributed by atoms with Crippen molar-refractivity contribution in [3.8, 4) is 5.75 Å². The molecule has 5 nitrogen and oxygen atoms in total. The van der Waals surface area contributed by atoms with Gasteiger partial charge in [-0.15, -0.1) is 0 Å². The Labute approximate surface area is 137 Å². The number of alkyl halides is 3. The number of phenolic OH excluding ortho intramolecular Hbond substituents is 1. The van der Waals surface area contributed by atoms with E-state index < -0.39 is 15.6 Å². The molecule has 0 radical (unpaired) electrons. The highest BCUT2D eigenvalue weighted by molar-refractivity contribution is 7.95. The second-order valence-corrected chi connectivity index (χ2v) is 7.29. The van der Waals surface area contributed by atoms with Crippen molar-refractivity contribution < 1.29 is 35.1 Å². The summed E-state index contributed by atoms with van der Waals surface area (Å²) in [5, 5.41) is 9.31. The third kappa shape index (κ3) is 6.98. The Morgan fingerprint density at radius 2 is 1.74 bits per heavy atom. The molecule has 132 valence electrons. The van der Waals surface area contributed by atoms with Gasteiger partial charge in [0, 0.05) is 12.8 Å². The fourth-order valence-electron chi connectivity index (χ4n) is 1.74. The van der Waals surface area contributed by atoms with Crippen LogP contribution in [0, 0.1) is 6.92 Å². The summed E-state index contributed by atoms with van der Waals surface area (Å²) < 4.78 is 62.1. The number of benzene rings is 1. The SMILES string of the molecule is Cc1cc(O)ccc1S[O+]1CCCCC1.O=S(=O)([O-])C(F)(F)F. The highest BCUT2D eigenvalue weighted by Crippen LogP contribution is 2.33. The van der Waals surface area contributed by atoms with Crippen LogP contribution in [0.4, 0.5) is 13.2 Å². The normalized spacial score (nSPS) is 16.6. The monoisotopic (exact) mass is 374 g/mol. The predicted molar refractivity (Wildman–Crippen MR) is 79.1 cm³/mol. The fraction of sp³-hybridized carbons (Fsp3) is 0.538. The predicted octanol–water partition coefficient (Wildman–Crippen LogP) is 3.50. The van der Waals surface area contributed by atoms with Crippen molar-refractivity contribution in [3.63, 3.8) is 0 Å². The van der Waals surface area contributed by atoms with Crippen LogP contribution in [0.2, 0.25) is 0 Å². The maximum atomic E-state index is 10.7. The fourth-order valence-corrected chi connectivity index (χ4v) is 2.71. The van der Waals surface area contributed by atoms with Gasteiger partial charge in [-0.2, -0.15) is 13.2 Å². The van der Waals surface area contributed by atoms with Crippen molar-refractivity contribution in [2.75, 3.05) is 13.2 Å². The number of hydrogen-bond acceptors (Lipinski definition) is 5. The standard InChI is InChI=1S/C12H16O2S.CHF3O3S/c1-10-9-11(13)5-6-12(10)15-14-7-3-2-4-8-14;2-1(3,4)8(5,6)7/h5-6,9H,2-4,7-8H2,1H3;(H,5,6,7). The molecule has 1 fully saturated rings. The summed E-state index contributed by atoms with van der Waals surface area (Å²) in [5.74, 6) is 0.348. The van der Waals surface area contributed by atoms with E-state index in [0.717, 1.165) is 18.8 Å². The van der Waals surface area contributed by atoms with Crippen LogP contribution in [0.5, 0.6) is 5.75 Å². The zero-order chi connectivity index (χ0) is 17.7. The van der Waals surface area contributed by atoms with Crippen LogP contribution in [0.25, 0.3) is 0 Å². The van der Waals surface area contributed by atoms with Crippen LogP contribution in [0.3, 0.4) is 0 Å². The highest BCUT2D eigenvalue weighted by atomic mass is 32.2. The van der Waals surface area contributed by atoms with Crippen LogP contribution >= 0.6 is 12.0 Å². The van der Waals surface area contributed by atoms with Gasteiger partial charge < -0.3 is 13.5 Å². The molecule has 0 aromatic heterocycles. The zero-order valence-corrected chi connectivity index (χ0v) is 13.9. The van der Waals surface area contributed by atoms with Crippen LogP contribution in [-0.2, 0) is 13.9 Å². The molecule has 1 N–H and O–H groups in total. The molecule has 0 atom stereocenters. The lowest BCUT2D eigenvalue weighted by molar-refractivity contribution is -0.0517. The number of halogens is 3. The molecule has 0 bridgehead atoms. The van der Waals surface area contributed by atoms with E-state index in [1.165, 1.54) is 24.2 Å². The van der Waals surface area contributed by atoms with Crippen LogP contribution in [-0.4, -0.2) is 36.8 Å². The molecule has 0 saturated carbocycles. The third-order valence-corrected chi connectivity index (χ3v) is 4.67. The van der Waals surface area contributed by atoms with Gasteiger partial charge in [0.15, 0.2) is 23.3 Å². The lowest BCUT2D eigenvalue weighted by atomic mass is 10.2. The highest BCUT2D eigenvalue weighted by Gasteiger charge is 2.36. The molecule has 1 aromatic rings. The first kappa shape index (κ1) is 20.1. The molecule has 23 heavy (non-hydrogen) atoms. The smallest absolute Gasteiger partial charge is 0.485 e. The molecule has 0 spiro atoms. The van der Waals surface area contributed by atoms with Gasteiger partial charge in [0.2, 0.25) is 12.0 Å². The lowest BCUT2D eigenvalue weighted by Crippen LogP contribution is -2.21. The second kappa shape index (κ2) is 8.22. The minimum absolute atomic E-state index is 0.348. The summed E-state index contributed by atoms with van der Waals surface area (Å²) in [7, 11) is -6.09. The first-order valence-electron chi connectivity index (χ1n) is 6.68. The van der Waals surface area contributed by atoms with E-state index in [1.807, 2.05) is 19.1 Å². The molecule has 1 heterocycles. The van der Waals surface area contributed by atoms with Gasteiger partial charge in [0.25, 0.3) is 0 Å². The van der Waals surface area contributed by atoms with E-state index in [0.29, 0.717) is 5.75 Å². The largest absolute Gasteiger partial charge is 0.741 e. The third-order valence-electron chi connectivity index (χ3n) is 2.89. The van der Waals surface area contributed by atoms with Crippen molar-refractivity contribution in [1.82, 2.24) is 0 Å². The van der Waals surface area contributed by atoms with Crippen molar-refractivity contribution in [2.24, 2.45) is 0 Å². The van der Waals surface area contributed by atoms with Crippen molar-refractivity contribution in [2.45, 2.75) is 36.6 Å². The molecule has 1 saturated heterocycles. The number of phenols is 1. The Bertz CT molecular complexity index is 611. The molecule has 1 aliphatic rings. The van der Waals surface area contributed by atoms with Gasteiger partial charge in [0.1, 0.15) is 5.75 Å². The zero-order valence-electron chi connectivity index (χ0n) is 12.3. The van der Waals surface area contributed by atoms with Gasteiger partial charge in [-0.25, -0.2) is 8.42 Å². The Morgan fingerprint density at radius 3 is 2.17 bits per heavy atom. The molecule has 0 aliphatic carbocycles. The first-order chi connectivity index (χ1) is 10.5. The van der Waals surface area contributed by atoms with E-state index >= 15 is 0 Å². The van der Waals surface area contributed by atoms with E-state index in [1.54, 1.807) is 18.1 Å². The van der Waals surface area contributed by atoms with E-state index in [2.05, 4.69) is 3.81 Å². The number of aromatic hydroxyl groups is 1. The maximum Gasteiger partial charge on any atom is 0.485 e. The van der Waals surface area contributed by atoms with Crippen molar-refractivity contribution >= 4 is 22.2 Å². The summed E-state index contributed by atoms with van der Waals surface area (Å²) in [4.78, 5) is 1.22. The second-order valence-electron chi connectivity index (χ2n) is 4.84. The first-order valence-corrected chi connectivity index (χ1v) is 8.83.